The zero-order valence-electron chi connectivity index (χ0n) is 17.3. The molecule has 8 heteroatoms. The fourth-order valence-corrected chi connectivity index (χ4v) is 3.59. The van der Waals surface area contributed by atoms with Gasteiger partial charge in [-0.15, -0.1) is 0 Å². The summed E-state index contributed by atoms with van der Waals surface area (Å²) in [4.78, 5) is 30.7. The van der Waals surface area contributed by atoms with E-state index in [0.717, 1.165) is 11.1 Å². The summed E-state index contributed by atoms with van der Waals surface area (Å²) < 4.78 is 16.2. The molecule has 2 N–H and O–H groups in total. The third-order valence-electron chi connectivity index (χ3n) is 5.19. The van der Waals surface area contributed by atoms with Crippen molar-refractivity contribution in [2.45, 2.75) is 33.4 Å². The summed E-state index contributed by atoms with van der Waals surface area (Å²) in [7, 11) is 0. The largest absolute Gasteiger partial charge is 0.348 e. The van der Waals surface area contributed by atoms with Crippen LogP contribution in [0.2, 0.25) is 0 Å². The predicted octanol–water partition coefficient (Wildman–Crippen LogP) is 2.92. The van der Waals surface area contributed by atoms with Gasteiger partial charge >= 0.3 is 0 Å². The molecule has 0 fully saturated rings. The van der Waals surface area contributed by atoms with Gasteiger partial charge < -0.3 is 9.88 Å². The Hall–Kier alpha value is -3.81. The topological polar surface area (TPSA) is 92.2 Å². The number of hydrogen-bond acceptors (Lipinski definition) is 4. The highest BCUT2D eigenvalue weighted by atomic mass is 19.1. The van der Waals surface area contributed by atoms with E-state index in [4.69, 9.17) is 5.41 Å². The molecule has 0 aliphatic rings. The molecule has 1 aromatic carbocycles. The van der Waals surface area contributed by atoms with E-state index in [1.54, 1.807) is 29.0 Å². The van der Waals surface area contributed by atoms with E-state index in [1.165, 1.54) is 22.6 Å². The molecule has 0 atom stereocenters. The number of benzene rings is 1. The number of nitrogens with zero attached hydrogens (tertiary/aromatic N) is 3. The number of amides is 1. The molecule has 0 saturated heterocycles. The molecule has 3 aromatic heterocycles. The number of aromatic nitrogens is 3. The smallest absolute Gasteiger partial charge is 0.267 e. The number of rotatable bonds is 5. The molecule has 0 spiro atoms. The standard InChI is InChI=1S/C23H22FN5O2/c1-3-10-28-19(25)17(22(30)26-13-15-6-8-16(24)9-7-15)12-18-21(28)27-20-14(2)5-4-11-29(20)23(18)31/h4-9,11-12,25H,3,10,13H2,1-2H3,(H,26,30). The zero-order chi connectivity index (χ0) is 22.1. The molecule has 4 aromatic rings. The average Bonchev–Trinajstić information content (AvgIpc) is 2.76. The van der Waals surface area contributed by atoms with Gasteiger partial charge in [-0.05, 0) is 48.7 Å². The number of carbonyl (C=O) groups excluding carboxylic acids is 1. The SMILES string of the molecule is CCCn1c(=N)c(C(=O)NCc2ccc(F)cc2)cc2c(=O)n3cccc(C)c3nc21. The van der Waals surface area contributed by atoms with Crippen LogP contribution in [0.25, 0.3) is 16.7 Å². The second-order valence-corrected chi connectivity index (χ2v) is 7.41. The highest BCUT2D eigenvalue weighted by Gasteiger charge is 2.17. The molecule has 0 unspecified atom stereocenters. The van der Waals surface area contributed by atoms with Crippen molar-refractivity contribution in [2.75, 3.05) is 0 Å². The van der Waals surface area contributed by atoms with Gasteiger partial charge in [-0.1, -0.05) is 25.1 Å². The van der Waals surface area contributed by atoms with Crippen molar-refractivity contribution in [1.82, 2.24) is 19.3 Å². The van der Waals surface area contributed by atoms with E-state index in [1.807, 2.05) is 19.9 Å². The van der Waals surface area contributed by atoms with Crippen molar-refractivity contribution in [3.05, 3.63) is 87.0 Å². The Balaban J connectivity index is 1.84. The summed E-state index contributed by atoms with van der Waals surface area (Å²) in [6, 6.07) is 10.9. The van der Waals surface area contributed by atoms with Crippen LogP contribution in [-0.2, 0) is 13.1 Å². The van der Waals surface area contributed by atoms with E-state index >= 15 is 0 Å². The van der Waals surface area contributed by atoms with Crippen LogP contribution >= 0.6 is 0 Å². The Kier molecular flexibility index (Phi) is 5.37. The zero-order valence-corrected chi connectivity index (χ0v) is 17.3. The van der Waals surface area contributed by atoms with E-state index in [-0.39, 0.29) is 34.4 Å². The Bertz CT molecular complexity index is 1420. The van der Waals surface area contributed by atoms with Gasteiger partial charge in [0.05, 0.1) is 10.9 Å². The highest BCUT2D eigenvalue weighted by molar-refractivity contribution is 5.96. The van der Waals surface area contributed by atoms with Crippen molar-refractivity contribution in [3.63, 3.8) is 0 Å². The van der Waals surface area contributed by atoms with Gasteiger partial charge in [-0.25, -0.2) is 9.37 Å². The number of aryl methyl sites for hydroxylation is 2. The summed E-state index contributed by atoms with van der Waals surface area (Å²) in [5.74, 6) is -0.830. The van der Waals surface area contributed by atoms with Gasteiger partial charge in [0, 0.05) is 19.3 Å². The molecule has 4 rings (SSSR count). The van der Waals surface area contributed by atoms with Crippen molar-refractivity contribution in [3.8, 4) is 0 Å². The van der Waals surface area contributed by atoms with Gasteiger partial charge in [0.1, 0.15) is 22.6 Å². The van der Waals surface area contributed by atoms with Gasteiger partial charge in [0.25, 0.3) is 11.5 Å². The number of halogens is 1. The van der Waals surface area contributed by atoms with Gasteiger partial charge in [-0.3, -0.25) is 19.4 Å². The number of nitrogens with one attached hydrogen (secondary N) is 2. The summed E-state index contributed by atoms with van der Waals surface area (Å²) >= 11 is 0. The van der Waals surface area contributed by atoms with Crippen molar-refractivity contribution in [2.24, 2.45) is 0 Å². The maximum atomic E-state index is 13.2. The van der Waals surface area contributed by atoms with Crippen molar-refractivity contribution < 1.29 is 9.18 Å². The lowest BCUT2D eigenvalue weighted by Gasteiger charge is -2.14. The summed E-state index contributed by atoms with van der Waals surface area (Å²) in [6.07, 6.45) is 2.35. The number of pyridine rings is 2. The first-order chi connectivity index (χ1) is 14.9. The average molecular weight is 419 g/mol. The van der Waals surface area contributed by atoms with Crippen LogP contribution in [0.4, 0.5) is 4.39 Å². The Morgan fingerprint density at radius 3 is 2.65 bits per heavy atom. The molecule has 0 radical (unpaired) electrons. The third-order valence-corrected chi connectivity index (χ3v) is 5.19. The van der Waals surface area contributed by atoms with Gasteiger partial charge in [0.15, 0.2) is 0 Å². The van der Waals surface area contributed by atoms with Crippen LogP contribution in [0.1, 0.15) is 34.8 Å². The molecule has 0 saturated carbocycles. The van der Waals surface area contributed by atoms with Gasteiger partial charge in [-0.2, -0.15) is 0 Å². The van der Waals surface area contributed by atoms with Crippen molar-refractivity contribution in [1.29, 1.82) is 5.41 Å². The molecular weight excluding hydrogens is 397 g/mol. The predicted molar refractivity (Wildman–Crippen MR) is 115 cm³/mol. The summed E-state index contributed by atoms with van der Waals surface area (Å²) in [6.45, 7) is 4.46. The molecule has 1 amide bonds. The van der Waals surface area contributed by atoms with Gasteiger partial charge in [0.2, 0.25) is 0 Å². The molecule has 3 heterocycles. The first-order valence-electron chi connectivity index (χ1n) is 10.0. The maximum absolute atomic E-state index is 13.2. The lowest BCUT2D eigenvalue weighted by Crippen LogP contribution is -2.34. The third kappa shape index (κ3) is 3.72. The first kappa shape index (κ1) is 20.5. The normalized spacial score (nSPS) is 11.2. The van der Waals surface area contributed by atoms with Crippen LogP contribution < -0.4 is 16.4 Å². The minimum atomic E-state index is -0.477. The van der Waals surface area contributed by atoms with Crippen LogP contribution in [-0.4, -0.2) is 19.9 Å². The minimum Gasteiger partial charge on any atom is -0.348 e. The van der Waals surface area contributed by atoms with Crippen LogP contribution in [0.15, 0.2) is 53.5 Å². The summed E-state index contributed by atoms with van der Waals surface area (Å²) in [5, 5.41) is 11.6. The number of carbonyl (C=O) groups is 1. The lowest BCUT2D eigenvalue weighted by atomic mass is 10.1. The Labute approximate surface area is 177 Å². The summed E-state index contributed by atoms with van der Waals surface area (Å²) in [5.41, 5.74) is 2.29. The lowest BCUT2D eigenvalue weighted by molar-refractivity contribution is 0.0948. The van der Waals surface area contributed by atoms with Crippen LogP contribution in [0.3, 0.4) is 0 Å². The Morgan fingerprint density at radius 1 is 1.19 bits per heavy atom. The van der Waals surface area contributed by atoms with Crippen LogP contribution in [0.5, 0.6) is 0 Å². The highest BCUT2D eigenvalue weighted by Crippen LogP contribution is 2.13. The molecule has 158 valence electrons. The van der Waals surface area contributed by atoms with E-state index in [0.29, 0.717) is 24.3 Å². The van der Waals surface area contributed by atoms with Crippen LogP contribution in [0, 0.1) is 18.2 Å². The molecular formula is C23H22FN5O2. The first-order valence-corrected chi connectivity index (χ1v) is 10.0. The second kappa shape index (κ2) is 8.14. The Morgan fingerprint density at radius 2 is 1.94 bits per heavy atom. The van der Waals surface area contributed by atoms with E-state index in [9.17, 15) is 14.0 Å². The number of fused-ring (bicyclic) bond motifs is 2. The fourth-order valence-electron chi connectivity index (χ4n) is 3.59. The fraction of sp³-hybridized carbons (Fsp3) is 0.217. The van der Waals surface area contributed by atoms with E-state index in [2.05, 4.69) is 10.3 Å². The molecule has 0 bridgehead atoms. The number of hydrogen-bond donors (Lipinski definition) is 2. The minimum absolute atomic E-state index is 0.00390. The maximum Gasteiger partial charge on any atom is 0.267 e. The van der Waals surface area contributed by atoms with Crippen molar-refractivity contribution >= 4 is 22.6 Å². The quantitative estimate of drug-likeness (QED) is 0.487. The molecule has 0 aliphatic heterocycles. The second-order valence-electron chi connectivity index (χ2n) is 7.41. The van der Waals surface area contributed by atoms with E-state index < -0.39 is 5.91 Å². The molecule has 7 nitrogen and oxygen atoms in total. The molecule has 31 heavy (non-hydrogen) atoms. The monoisotopic (exact) mass is 419 g/mol. The molecule has 0 aliphatic carbocycles.